The van der Waals surface area contributed by atoms with Gasteiger partial charge in [0.15, 0.2) is 0 Å². The van der Waals surface area contributed by atoms with Crippen molar-refractivity contribution in [3.8, 4) is 11.3 Å². The van der Waals surface area contributed by atoms with Crippen LogP contribution in [0.4, 0.5) is 0 Å². The molecule has 1 aromatic heterocycles. The van der Waals surface area contributed by atoms with E-state index in [0.717, 1.165) is 15.9 Å². The van der Waals surface area contributed by atoms with Crippen LogP contribution in [0.3, 0.4) is 0 Å². The average Bonchev–Trinajstić information content (AvgIpc) is 2.49. The topological polar surface area (TPSA) is 17.8 Å². The molecular weight excluding hydrogens is 228 g/mol. The molecule has 0 saturated carbocycles. The van der Waals surface area contributed by atoms with Crippen molar-refractivity contribution in [3.63, 3.8) is 0 Å². The second kappa shape index (κ2) is 3.34. The van der Waals surface area contributed by atoms with E-state index in [0.29, 0.717) is 0 Å². The highest BCUT2D eigenvalue weighted by Gasteiger charge is 2.06. The van der Waals surface area contributed by atoms with E-state index in [1.54, 1.807) is 6.33 Å². The van der Waals surface area contributed by atoms with E-state index in [9.17, 15) is 0 Å². The van der Waals surface area contributed by atoms with Crippen molar-refractivity contribution in [2.45, 2.75) is 0 Å². The average molecular weight is 237 g/mol. The molecule has 1 heterocycles. The number of hydrogen-bond donors (Lipinski definition) is 0. The molecule has 2 nitrogen and oxygen atoms in total. The number of aromatic nitrogens is 2. The van der Waals surface area contributed by atoms with Crippen LogP contribution in [0.15, 0.2) is 41.3 Å². The maximum Gasteiger partial charge on any atom is 0.112 e. The Morgan fingerprint density at radius 2 is 1.92 bits per heavy atom. The van der Waals surface area contributed by atoms with Gasteiger partial charge in [0.25, 0.3) is 0 Å². The van der Waals surface area contributed by atoms with Crippen molar-refractivity contribution in [3.05, 3.63) is 41.3 Å². The van der Waals surface area contributed by atoms with Crippen molar-refractivity contribution < 1.29 is 0 Å². The highest BCUT2D eigenvalue weighted by atomic mass is 79.9. The first-order valence-corrected chi connectivity index (χ1v) is 4.80. The molecule has 0 radical (unpaired) electrons. The van der Waals surface area contributed by atoms with Gasteiger partial charge >= 0.3 is 0 Å². The molecule has 0 fully saturated rings. The van der Waals surface area contributed by atoms with Gasteiger partial charge in [0.2, 0.25) is 0 Å². The van der Waals surface area contributed by atoms with E-state index in [4.69, 9.17) is 0 Å². The standard InChI is InChI=1S/C10H9BrN2/c1-13-7-12-9(10(13)11)8-5-3-2-4-6-8/h2-7H,1H3. The van der Waals surface area contributed by atoms with Crippen molar-refractivity contribution in [2.75, 3.05) is 0 Å². The van der Waals surface area contributed by atoms with Crippen LogP contribution in [0.25, 0.3) is 11.3 Å². The number of imidazole rings is 1. The van der Waals surface area contributed by atoms with Crippen molar-refractivity contribution in [1.29, 1.82) is 0 Å². The largest absolute Gasteiger partial charge is 0.328 e. The van der Waals surface area contributed by atoms with Crippen molar-refractivity contribution in [1.82, 2.24) is 9.55 Å². The first-order chi connectivity index (χ1) is 6.29. The Balaban J connectivity index is 2.53. The number of halogens is 1. The minimum atomic E-state index is 0.989. The molecule has 0 amide bonds. The third-order valence-corrected chi connectivity index (χ3v) is 2.85. The van der Waals surface area contributed by atoms with Crippen LogP contribution in [0.2, 0.25) is 0 Å². The Bertz CT molecular complexity index is 406. The fraction of sp³-hybridized carbons (Fsp3) is 0.100. The fourth-order valence-electron chi connectivity index (χ4n) is 1.20. The van der Waals surface area contributed by atoms with Crippen molar-refractivity contribution in [2.24, 2.45) is 7.05 Å². The predicted molar refractivity (Wildman–Crippen MR) is 56.3 cm³/mol. The predicted octanol–water partition coefficient (Wildman–Crippen LogP) is 2.85. The molecule has 1 aromatic carbocycles. The minimum Gasteiger partial charge on any atom is -0.328 e. The molecule has 0 saturated heterocycles. The molecule has 0 aliphatic carbocycles. The Labute approximate surface area is 85.4 Å². The van der Waals surface area contributed by atoms with E-state index in [1.165, 1.54) is 0 Å². The Hall–Kier alpha value is -1.09. The lowest BCUT2D eigenvalue weighted by atomic mass is 10.2. The van der Waals surface area contributed by atoms with Crippen LogP contribution in [-0.4, -0.2) is 9.55 Å². The number of benzene rings is 1. The van der Waals surface area contributed by atoms with Gasteiger partial charge < -0.3 is 4.57 Å². The number of hydrogen-bond acceptors (Lipinski definition) is 1. The highest BCUT2D eigenvalue weighted by molar-refractivity contribution is 9.10. The van der Waals surface area contributed by atoms with Gasteiger partial charge in [-0.25, -0.2) is 4.98 Å². The normalized spacial score (nSPS) is 10.3. The molecule has 66 valence electrons. The van der Waals surface area contributed by atoms with E-state index < -0.39 is 0 Å². The fourth-order valence-corrected chi connectivity index (χ4v) is 1.63. The summed E-state index contributed by atoms with van der Waals surface area (Å²) in [4.78, 5) is 4.30. The SMILES string of the molecule is Cn1cnc(-c2ccccc2)c1Br. The Morgan fingerprint density at radius 3 is 2.46 bits per heavy atom. The van der Waals surface area contributed by atoms with E-state index in [-0.39, 0.29) is 0 Å². The minimum absolute atomic E-state index is 0.989. The quantitative estimate of drug-likeness (QED) is 0.745. The number of rotatable bonds is 1. The monoisotopic (exact) mass is 236 g/mol. The van der Waals surface area contributed by atoms with Gasteiger partial charge in [-0.05, 0) is 15.9 Å². The van der Waals surface area contributed by atoms with Gasteiger partial charge in [-0.15, -0.1) is 0 Å². The van der Waals surface area contributed by atoms with Crippen LogP contribution in [0.1, 0.15) is 0 Å². The molecule has 0 aliphatic rings. The summed E-state index contributed by atoms with van der Waals surface area (Å²) < 4.78 is 2.96. The zero-order valence-corrected chi connectivity index (χ0v) is 8.82. The molecular formula is C10H9BrN2. The molecule has 0 unspecified atom stereocenters. The van der Waals surface area contributed by atoms with Gasteiger partial charge in [0.1, 0.15) is 10.3 Å². The summed E-state index contributed by atoms with van der Waals surface area (Å²) in [5.74, 6) is 0. The summed E-state index contributed by atoms with van der Waals surface area (Å²) in [6, 6.07) is 10.1. The number of aryl methyl sites for hydroxylation is 1. The molecule has 3 heteroatoms. The summed E-state index contributed by atoms with van der Waals surface area (Å²) in [6.45, 7) is 0. The summed E-state index contributed by atoms with van der Waals surface area (Å²) in [7, 11) is 1.96. The van der Waals surface area contributed by atoms with E-state index >= 15 is 0 Å². The van der Waals surface area contributed by atoms with Crippen LogP contribution in [0.5, 0.6) is 0 Å². The van der Waals surface area contributed by atoms with E-state index in [1.807, 2.05) is 41.9 Å². The smallest absolute Gasteiger partial charge is 0.112 e. The molecule has 13 heavy (non-hydrogen) atoms. The summed E-state index contributed by atoms with van der Waals surface area (Å²) in [5.41, 5.74) is 2.12. The lowest BCUT2D eigenvalue weighted by Crippen LogP contribution is -1.84. The highest BCUT2D eigenvalue weighted by Crippen LogP contribution is 2.25. The number of nitrogens with zero attached hydrogens (tertiary/aromatic N) is 2. The van der Waals surface area contributed by atoms with Crippen LogP contribution in [-0.2, 0) is 7.05 Å². The maximum absolute atomic E-state index is 4.30. The van der Waals surface area contributed by atoms with Crippen LogP contribution in [0, 0.1) is 0 Å². The van der Waals surface area contributed by atoms with Gasteiger partial charge in [0, 0.05) is 12.6 Å². The third kappa shape index (κ3) is 1.52. The second-order valence-corrected chi connectivity index (χ2v) is 3.61. The molecule has 2 rings (SSSR count). The summed E-state index contributed by atoms with van der Waals surface area (Å²) >= 11 is 3.49. The van der Waals surface area contributed by atoms with Crippen LogP contribution >= 0.6 is 15.9 Å². The summed E-state index contributed by atoms with van der Waals surface area (Å²) in [6.07, 6.45) is 1.80. The van der Waals surface area contributed by atoms with Crippen molar-refractivity contribution >= 4 is 15.9 Å². The van der Waals surface area contributed by atoms with Crippen LogP contribution < -0.4 is 0 Å². The maximum atomic E-state index is 4.30. The molecule has 0 aliphatic heterocycles. The first-order valence-electron chi connectivity index (χ1n) is 4.01. The van der Waals surface area contributed by atoms with Gasteiger partial charge in [-0.3, -0.25) is 0 Å². The second-order valence-electron chi connectivity index (χ2n) is 2.86. The molecule has 0 N–H and O–H groups in total. The zero-order chi connectivity index (χ0) is 9.26. The van der Waals surface area contributed by atoms with E-state index in [2.05, 4.69) is 20.9 Å². The lowest BCUT2D eigenvalue weighted by molar-refractivity contribution is 0.891. The molecule has 0 atom stereocenters. The zero-order valence-electron chi connectivity index (χ0n) is 7.24. The lowest BCUT2D eigenvalue weighted by Gasteiger charge is -1.97. The van der Waals surface area contributed by atoms with Gasteiger partial charge in [-0.2, -0.15) is 0 Å². The third-order valence-electron chi connectivity index (χ3n) is 1.91. The van der Waals surface area contributed by atoms with Gasteiger partial charge in [0.05, 0.1) is 6.33 Å². The Morgan fingerprint density at radius 1 is 1.23 bits per heavy atom. The molecule has 0 bridgehead atoms. The molecule has 2 aromatic rings. The Kier molecular flexibility index (Phi) is 2.19. The van der Waals surface area contributed by atoms with Gasteiger partial charge in [-0.1, -0.05) is 30.3 Å². The first kappa shape index (κ1) is 8.51. The summed E-state index contributed by atoms with van der Waals surface area (Å²) in [5, 5.41) is 0. The molecule has 0 spiro atoms.